The van der Waals surface area contributed by atoms with Crippen LogP contribution in [0.4, 0.5) is 5.82 Å². The van der Waals surface area contributed by atoms with Gasteiger partial charge in [0.05, 0.1) is 0 Å². The molecule has 2 aromatic rings. The largest absolute Gasteiger partial charge is 0.357 e. The molecule has 0 radical (unpaired) electrons. The van der Waals surface area contributed by atoms with Gasteiger partial charge in [0.2, 0.25) is 0 Å². The van der Waals surface area contributed by atoms with Crippen molar-refractivity contribution in [3.63, 3.8) is 0 Å². The van der Waals surface area contributed by atoms with Crippen LogP contribution in [0.1, 0.15) is 36.1 Å². The molecule has 0 amide bonds. The Labute approximate surface area is 161 Å². The van der Waals surface area contributed by atoms with Gasteiger partial charge in [-0.25, -0.2) is 4.98 Å². The van der Waals surface area contributed by atoms with Crippen LogP contribution in [0.15, 0.2) is 35.5 Å². The number of pyridine rings is 1. The van der Waals surface area contributed by atoms with Crippen LogP contribution < -0.4 is 15.5 Å². The molecule has 1 unspecified atom stereocenters. The van der Waals surface area contributed by atoms with E-state index in [1.807, 2.05) is 17.5 Å². The first-order valence-electron chi connectivity index (χ1n) is 9.28. The molecule has 2 aromatic heterocycles. The van der Waals surface area contributed by atoms with Crippen molar-refractivity contribution in [2.75, 3.05) is 25.0 Å². The zero-order valence-electron chi connectivity index (χ0n) is 16.5. The van der Waals surface area contributed by atoms with Gasteiger partial charge in [-0.2, -0.15) is 0 Å². The van der Waals surface area contributed by atoms with Gasteiger partial charge in [0.1, 0.15) is 5.82 Å². The summed E-state index contributed by atoms with van der Waals surface area (Å²) in [6.07, 6.45) is 2.94. The summed E-state index contributed by atoms with van der Waals surface area (Å²) in [7, 11) is 1.80. The Hall–Kier alpha value is -2.08. The summed E-state index contributed by atoms with van der Waals surface area (Å²) in [5.74, 6) is 1.85. The van der Waals surface area contributed by atoms with Crippen LogP contribution in [0.5, 0.6) is 0 Å². The molecule has 0 aliphatic carbocycles. The van der Waals surface area contributed by atoms with Crippen LogP contribution in [0.3, 0.4) is 0 Å². The first kappa shape index (κ1) is 20.2. The average molecular weight is 374 g/mol. The van der Waals surface area contributed by atoms with Gasteiger partial charge >= 0.3 is 0 Å². The molecule has 5 nitrogen and oxygen atoms in total. The molecule has 2 rings (SSSR count). The zero-order chi connectivity index (χ0) is 18.9. The van der Waals surface area contributed by atoms with Gasteiger partial charge in [0, 0.05) is 55.1 Å². The van der Waals surface area contributed by atoms with Crippen LogP contribution in [0, 0.1) is 6.92 Å². The molecule has 2 N–H and O–H groups in total. The van der Waals surface area contributed by atoms with Crippen molar-refractivity contribution in [2.45, 2.75) is 46.7 Å². The van der Waals surface area contributed by atoms with Gasteiger partial charge in [-0.05, 0) is 51.5 Å². The van der Waals surface area contributed by atoms with Crippen LogP contribution in [0.2, 0.25) is 0 Å². The van der Waals surface area contributed by atoms with Crippen molar-refractivity contribution in [2.24, 2.45) is 4.99 Å². The van der Waals surface area contributed by atoms with Crippen molar-refractivity contribution < 1.29 is 0 Å². The smallest absolute Gasteiger partial charge is 0.191 e. The molecule has 6 heteroatoms. The minimum Gasteiger partial charge on any atom is -0.357 e. The Balaban J connectivity index is 1.84. The lowest BCUT2D eigenvalue weighted by Crippen LogP contribution is -2.42. The molecule has 0 aliphatic rings. The van der Waals surface area contributed by atoms with E-state index in [0.717, 1.165) is 36.9 Å². The second-order valence-electron chi connectivity index (χ2n) is 6.38. The van der Waals surface area contributed by atoms with E-state index in [9.17, 15) is 0 Å². The Morgan fingerprint density at radius 1 is 1.23 bits per heavy atom. The number of aryl methyl sites for hydroxylation is 1. The number of nitrogens with zero attached hydrogens (tertiary/aromatic N) is 3. The monoisotopic (exact) mass is 373 g/mol. The van der Waals surface area contributed by atoms with Crippen molar-refractivity contribution in [1.29, 1.82) is 0 Å². The number of aliphatic imine (C=N–C) groups is 1. The van der Waals surface area contributed by atoms with E-state index in [1.54, 1.807) is 7.05 Å². The number of guanidine groups is 1. The maximum Gasteiger partial charge on any atom is 0.191 e. The SMILES string of the molecule is CCN(CC)c1ccc(CNC(=NC)NC(C)Cc2ccc(C)s2)cn1. The number of aromatic nitrogens is 1. The van der Waals surface area contributed by atoms with E-state index in [-0.39, 0.29) is 0 Å². The molecule has 1 atom stereocenters. The molecule has 26 heavy (non-hydrogen) atoms. The fourth-order valence-electron chi connectivity index (χ4n) is 2.82. The fourth-order valence-corrected chi connectivity index (χ4v) is 3.84. The topological polar surface area (TPSA) is 52.5 Å². The second kappa shape index (κ2) is 10.2. The highest BCUT2D eigenvalue weighted by Crippen LogP contribution is 2.16. The molecule has 0 fully saturated rings. The summed E-state index contributed by atoms with van der Waals surface area (Å²) in [5.41, 5.74) is 1.14. The predicted octanol–water partition coefficient (Wildman–Crippen LogP) is 3.59. The van der Waals surface area contributed by atoms with Crippen molar-refractivity contribution in [3.05, 3.63) is 45.8 Å². The normalized spacial score (nSPS) is 12.7. The van der Waals surface area contributed by atoms with E-state index >= 15 is 0 Å². The van der Waals surface area contributed by atoms with Crippen LogP contribution >= 0.6 is 11.3 Å². The minimum atomic E-state index is 0.322. The third-order valence-electron chi connectivity index (χ3n) is 4.27. The summed E-state index contributed by atoms with van der Waals surface area (Å²) >= 11 is 1.86. The highest BCUT2D eigenvalue weighted by molar-refractivity contribution is 7.11. The maximum absolute atomic E-state index is 4.57. The summed E-state index contributed by atoms with van der Waals surface area (Å²) in [6.45, 7) is 11.3. The Morgan fingerprint density at radius 3 is 2.54 bits per heavy atom. The predicted molar refractivity (Wildman–Crippen MR) is 113 cm³/mol. The third kappa shape index (κ3) is 6.02. The molecular formula is C20H31N5S. The van der Waals surface area contributed by atoms with Gasteiger partial charge in [0.15, 0.2) is 5.96 Å². The second-order valence-corrected chi connectivity index (χ2v) is 7.76. The van der Waals surface area contributed by atoms with Gasteiger partial charge in [-0.15, -0.1) is 11.3 Å². The molecule has 0 saturated heterocycles. The van der Waals surface area contributed by atoms with Crippen LogP contribution in [-0.4, -0.2) is 37.1 Å². The summed E-state index contributed by atoms with van der Waals surface area (Å²) in [4.78, 5) is 13.9. The molecular weight excluding hydrogens is 342 g/mol. The third-order valence-corrected chi connectivity index (χ3v) is 5.29. The van der Waals surface area contributed by atoms with Crippen molar-refractivity contribution >= 4 is 23.1 Å². The standard InChI is InChI=1S/C20H31N5S/c1-6-25(7-2)19-11-9-17(13-22-19)14-23-20(21-5)24-15(3)12-18-10-8-16(4)26-18/h8-11,13,15H,6-7,12,14H2,1-5H3,(H2,21,23,24). The Kier molecular flexibility index (Phi) is 7.91. The van der Waals surface area contributed by atoms with Gasteiger partial charge in [-0.1, -0.05) is 6.07 Å². The maximum atomic E-state index is 4.57. The first-order valence-corrected chi connectivity index (χ1v) is 10.1. The van der Waals surface area contributed by atoms with Gasteiger partial charge in [-0.3, -0.25) is 4.99 Å². The lowest BCUT2D eigenvalue weighted by Gasteiger charge is -2.20. The summed E-state index contributed by atoms with van der Waals surface area (Å²) in [5, 5.41) is 6.83. The van der Waals surface area contributed by atoms with E-state index in [0.29, 0.717) is 12.6 Å². The molecule has 0 spiro atoms. The van der Waals surface area contributed by atoms with E-state index < -0.39 is 0 Å². The van der Waals surface area contributed by atoms with Crippen molar-refractivity contribution in [1.82, 2.24) is 15.6 Å². The van der Waals surface area contributed by atoms with E-state index in [4.69, 9.17) is 0 Å². The molecule has 0 aromatic carbocycles. The fraction of sp³-hybridized carbons (Fsp3) is 0.500. The number of nitrogens with one attached hydrogen (secondary N) is 2. The lowest BCUT2D eigenvalue weighted by atomic mass is 10.2. The number of anilines is 1. The van der Waals surface area contributed by atoms with Gasteiger partial charge in [0.25, 0.3) is 0 Å². The molecule has 0 saturated carbocycles. The summed E-state index contributed by atoms with van der Waals surface area (Å²) in [6, 6.07) is 8.91. The number of hydrogen-bond acceptors (Lipinski definition) is 4. The van der Waals surface area contributed by atoms with Gasteiger partial charge < -0.3 is 15.5 Å². The minimum absolute atomic E-state index is 0.322. The number of thiophene rings is 1. The molecule has 2 heterocycles. The van der Waals surface area contributed by atoms with Crippen LogP contribution in [0.25, 0.3) is 0 Å². The highest BCUT2D eigenvalue weighted by atomic mass is 32.1. The van der Waals surface area contributed by atoms with Crippen LogP contribution in [-0.2, 0) is 13.0 Å². The van der Waals surface area contributed by atoms with Crippen molar-refractivity contribution in [3.8, 4) is 0 Å². The average Bonchev–Trinajstić information content (AvgIpc) is 3.05. The van der Waals surface area contributed by atoms with E-state index in [1.165, 1.54) is 9.75 Å². The Morgan fingerprint density at radius 2 is 2.00 bits per heavy atom. The highest BCUT2D eigenvalue weighted by Gasteiger charge is 2.08. The molecule has 142 valence electrons. The number of hydrogen-bond donors (Lipinski definition) is 2. The quantitative estimate of drug-likeness (QED) is 0.548. The lowest BCUT2D eigenvalue weighted by molar-refractivity contribution is 0.644. The summed E-state index contributed by atoms with van der Waals surface area (Å²) < 4.78 is 0. The first-order chi connectivity index (χ1) is 12.5. The Bertz CT molecular complexity index is 688. The zero-order valence-corrected chi connectivity index (χ0v) is 17.4. The van der Waals surface area contributed by atoms with E-state index in [2.05, 4.69) is 77.5 Å². The molecule has 0 aliphatic heterocycles. The molecule has 0 bridgehead atoms. The number of rotatable bonds is 8.